The highest BCUT2D eigenvalue weighted by molar-refractivity contribution is 9.10. The van der Waals surface area contributed by atoms with E-state index in [1.165, 1.54) is 17.1 Å². The van der Waals surface area contributed by atoms with Crippen molar-refractivity contribution in [2.75, 3.05) is 6.54 Å². The number of halogens is 2. The second kappa shape index (κ2) is 7.12. The van der Waals surface area contributed by atoms with E-state index in [9.17, 15) is 4.39 Å². The summed E-state index contributed by atoms with van der Waals surface area (Å²) in [7, 11) is 0. The Morgan fingerprint density at radius 1 is 1.42 bits per heavy atom. The number of hydrogen-bond donors (Lipinski definition) is 1. The lowest BCUT2D eigenvalue weighted by atomic mass is 10.1. The Balaban J connectivity index is 2.15. The number of nitrogens with zero attached hydrogens (tertiary/aromatic N) is 1. The van der Waals surface area contributed by atoms with Crippen molar-refractivity contribution in [3.05, 3.63) is 50.6 Å². The smallest absolute Gasteiger partial charge is 0.141 e. The van der Waals surface area contributed by atoms with Gasteiger partial charge in [-0.05, 0) is 52.5 Å². The zero-order valence-corrected chi connectivity index (χ0v) is 13.1. The molecule has 19 heavy (non-hydrogen) atoms. The monoisotopic (exact) mass is 342 g/mol. The van der Waals surface area contributed by atoms with E-state index in [-0.39, 0.29) is 11.9 Å². The fourth-order valence-corrected chi connectivity index (χ4v) is 3.41. The molecule has 0 aliphatic rings. The van der Waals surface area contributed by atoms with Crippen molar-refractivity contribution in [3.63, 3.8) is 0 Å². The zero-order chi connectivity index (χ0) is 13.7. The van der Waals surface area contributed by atoms with E-state index < -0.39 is 0 Å². The van der Waals surface area contributed by atoms with Gasteiger partial charge >= 0.3 is 0 Å². The van der Waals surface area contributed by atoms with Gasteiger partial charge in [-0.2, -0.15) is 0 Å². The molecule has 0 radical (unpaired) electrons. The summed E-state index contributed by atoms with van der Waals surface area (Å²) in [4.78, 5) is 5.47. The Morgan fingerprint density at radius 3 is 2.84 bits per heavy atom. The first-order chi connectivity index (χ1) is 9.20. The molecule has 2 heterocycles. The standard InChI is InChI=1S/C14H16BrFN2S/c1-2-6-17-13(8-14-11(15)5-7-19-14)12-4-3-10(16)9-18-12/h3-5,7,9,13,17H,2,6,8H2,1H3. The molecule has 1 atom stereocenters. The lowest BCUT2D eigenvalue weighted by molar-refractivity contribution is 0.516. The Hall–Kier alpha value is -0.780. The summed E-state index contributed by atoms with van der Waals surface area (Å²) in [6.45, 7) is 3.05. The van der Waals surface area contributed by atoms with Gasteiger partial charge in [0.25, 0.3) is 0 Å². The predicted octanol–water partition coefficient (Wildman–Crippen LogP) is 4.33. The average molecular weight is 343 g/mol. The molecule has 2 nitrogen and oxygen atoms in total. The van der Waals surface area contributed by atoms with E-state index in [0.29, 0.717) is 0 Å². The second-order valence-corrected chi connectivity index (χ2v) is 6.16. The molecule has 0 aliphatic carbocycles. The molecule has 0 fully saturated rings. The minimum atomic E-state index is -0.296. The quantitative estimate of drug-likeness (QED) is 0.845. The summed E-state index contributed by atoms with van der Waals surface area (Å²) in [5, 5.41) is 5.54. The normalized spacial score (nSPS) is 12.6. The van der Waals surface area contributed by atoms with E-state index in [4.69, 9.17) is 0 Å². The Kier molecular flexibility index (Phi) is 5.48. The molecule has 2 rings (SSSR count). The van der Waals surface area contributed by atoms with Crippen LogP contribution in [-0.2, 0) is 6.42 Å². The Morgan fingerprint density at radius 2 is 2.26 bits per heavy atom. The van der Waals surface area contributed by atoms with Gasteiger partial charge in [0.1, 0.15) is 5.82 Å². The van der Waals surface area contributed by atoms with Crippen molar-refractivity contribution in [2.45, 2.75) is 25.8 Å². The highest BCUT2D eigenvalue weighted by atomic mass is 79.9. The third kappa shape index (κ3) is 4.09. The number of rotatable bonds is 6. The fourth-order valence-electron chi connectivity index (χ4n) is 1.85. The fraction of sp³-hybridized carbons (Fsp3) is 0.357. The molecule has 2 aromatic heterocycles. The minimum absolute atomic E-state index is 0.121. The molecule has 1 N–H and O–H groups in total. The topological polar surface area (TPSA) is 24.9 Å². The lowest BCUT2D eigenvalue weighted by Crippen LogP contribution is -2.24. The van der Waals surface area contributed by atoms with Crippen molar-refractivity contribution in [3.8, 4) is 0 Å². The molecular formula is C14H16BrFN2S. The van der Waals surface area contributed by atoms with Crippen molar-refractivity contribution in [2.24, 2.45) is 0 Å². The van der Waals surface area contributed by atoms with Crippen LogP contribution < -0.4 is 5.32 Å². The van der Waals surface area contributed by atoms with Crippen LogP contribution in [0.3, 0.4) is 0 Å². The molecule has 0 aromatic carbocycles. The van der Waals surface area contributed by atoms with Gasteiger partial charge in [-0.15, -0.1) is 11.3 Å². The van der Waals surface area contributed by atoms with Crippen LogP contribution >= 0.6 is 27.3 Å². The van der Waals surface area contributed by atoms with Crippen LogP contribution in [0.1, 0.15) is 30.0 Å². The first-order valence-electron chi connectivity index (χ1n) is 6.27. The first-order valence-corrected chi connectivity index (χ1v) is 7.94. The largest absolute Gasteiger partial charge is 0.308 e. The molecule has 5 heteroatoms. The lowest BCUT2D eigenvalue weighted by Gasteiger charge is -2.17. The number of aromatic nitrogens is 1. The third-order valence-corrected chi connectivity index (χ3v) is 4.78. The number of nitrogens with one attached hydrogen (secondary N) is 1. The summed E-state index contributed by atoms with van der Waals surface area (Å²) in [5.41, 5.74) is 0.884. The summed E-state index contributed by atoms with van der Waals surface area (Å²) >= 11 is 5.27. The van der Waals surface area contributed by atoms with Gasteiger partial charge in [-0.25, -0.2) is 4.39 Å². The van der Waals surface area contributed by atoms with E-state index in [2.05, 4.69) is 44.6 Å². The molecular weight excluding hydrogens is 327 g/mol. The molecule has 1 unspecified atom stereocenters. The molecule has 0 aliphatic heterocycles. The van der Waals surface area contributed by atoms with Crippen LogP contribution in [0.15, 0.2) is 34.2 Å². The second-order valence-electron chi connectivity index (χ2n) is 4.30. The van der Waals surface area contributed by atoms with E-state index in [0.717, 1.165) is 29.6 Å². The Labute approximate surface area is 125 Å². The van der Waals surface area contributed by atoms with Gasteiger partial charge in [0.2, 0.25) is 0 Å². The SMILES string of the molecule is CCCNC(Cc1sccc1Br)c1ccc(F)cn1. The molecule has 0 amide bonds. The van der Waals surface area contributed by atoms with E-state index >= 15 is 0 Å². The minimum Gasteiger partial charge on any atom is -0.308 e. The zero-order valence-electron chi connectivity index (χ0n) is 10.7. The summed E-state index contributed by atoms with van der Waals surface area (Å²) < 4.78 is 14.1. The van der Waals surface area contributed by atoms with Gasteiger partial charge in [-0.1, -0.05) is 6.92 Å². The highest BCUT2D eigenvalue weighted by Crippen LogP contribution is 2.27. The maximum atomic E-state index is 13.0. The molecule has 2 aromatic rings. The van der Waals surface area contributed by atoms with E-state index in [1.807, 2.05) is 0 Å². The van der Waals surface area contributed by atoms with Crippen LogP contribution in [0, 0.1) is 5.82 Å². The summed E-state index contributed by atoms with van der Waals surface area (Å²) in [6, 6.07) is 5.39. The first kappa shape index (κ1) is 14.6. The average Bonchev–Trinajstić information content (AvgIpc) is 2.81. The molecule has 0 spiro atoms. The van der Waals surface area contributed by atoms with Crippen LogP contribution in [0.2, 0.25) is 0 Å². The third-order valence-electron chi connectivity index (χ3n) is 2.83. The highest BCUT2D eigenvalue weighted by Gasteiger charge is 2.15. The molecule has 0 saturated heterocycles. The van der Waals surface area contributed by atoms with Crippen molar-refractivity contribution in [1.82, 2.24) is 10.3 Å². The number of pyridine rings is 1. The number of thiophene rings is 1. The van der Waals surface area contributed by atoms with E-state index in [1.54, 1.807) is 17.4 Å². The van der Waals surface area contributed by atoms with Gasteiger partial charge in [0.05, 0.1) is 17.9 Å². The van der Waals surface area contributed by atoms with Crippen LogP contribution in [0.25, 0.3) is 0 Å². The van der Waals surface area contributed by atoms with Crippen LogP contribution in [-0.4, -0.2) is 11.5 Å². The Bertz CT molecular complexity index is 512. The van der Waals surface area contributed by atoms with Gasteiger partial charge in [0.15, 0.2) is 0 Å². The van der Waals surface area contributed by atoms with Crippen LogP contribution in [0.5, 0.6) is 0 Å². The molecule has 0 bridgehead atoms. The number of hydrogen-bond acceptors (Lipinski definition) is 3. The van der Waals surface area contributed by atoms with Crippen molar-refractivity contribution >= 4 is 27.3 Å². The van der Waals surface area contributed by atoms with Crippen molar-refractivity contribution < 1.29 is 4.39 Å². The maximum absolute atomic E-state index is 13.0. The predicted molar refractivity (Wildman–Crippen MR) is 81.0 cm³/mol. The maximum Gasteiger partial charge on any atom is 0.141 e. The van der Waals surface area contributed by atoms with Gasteiger partial charge in [0, 0.05) is 15.8 Å². The van der Waals surface area contributed by atoms with Crippen molar-refractivity contribution in [1.29, 1.82) is 0 Å². The molecule has 0 saturated carbocycles. The summed E-state index contributed by atoms with van der Waals surface area (Å²) in [6.07, 6.45) is 3.19. The molecule has 102 valence electrons. The van der Waals surface area contributed by atoms with Gasteiger partial charge < -0.3 is 5.32 Å². The summed E-state index contributed by atoms with van der Waals surface area (Å²) in [5.74, 6) is -0.296. The van der Waals surface area contributed by atoms with Crippen LogP contribution in [0.4, 0.5) is 4.39 Å². The van der Waals surface area contributed by atoms with Gasteiger partial charge in [-0.3, -0.25) is 4.98 Å².